The van der Waals surface area contributed by atoms with Gasteiger partial charge in [-0.25, -0.2) is 9.78 Å². The third-order valence-corrected chi connectivity index (χ3v) is 1.85. The number of aliphatic hydroxyl groups excluding tert-OH is 1. The minimum absolute atomic E-state index is 0.161. The smallest absolute Gasteiger partial charge is 0.326 e. The van der Waals surface area contributed by atoms with Crippen LogP contribution in [0.2, 0.25) is 0 Å². The van der Waals surface area contributed by atoms with E-state index >= 15 is 0 Å². The molecule has 14 heavy (non-hydrogen) atoms. The Bertz CT molecular complexity index is 259. The molecule has 0 unspecified atom stereocenters. The number of hydrogen-bond donors (Lipinski definition) is 2. The molecule has 0 saturated carbocycles. The van der Waals surface area contributed by atoms with Crippen LogP contribution in [-0.4, -0.2) is 33.8 Å². The quantitative estimate of drug-likeness (QED) is 0.679. The lowest BCUT2D eigenvalue weighted by atomic mass is 10.2. The van der Waals surface area contributed by atoms with Crippen LogP contribution in [0.25, 0.3) is 0 Å². The highest BCUT2D eigenvalue weighted by molar-refractivity contribution is 5.76. The van der Waals surface area contributed by atoms with Gasteiger partial charge >= 0.3 is 6.03 Å². The summed E-state index contributed by atoms with van der Waals surface area (Å²) in [6.45, 7) is 0.854. The van der Waals surface area contributed by atoms with Gasteiger partial charge in [0.15, 0.2) is 0 Å². The van der Waals surface area contributed by atoms with E-state index in [1.807, 2.05) is 0 Å². The first-order chi connectivity index (χ1) is 6.84. The third-order valence-electron chi connectivity index (χ3n) is 1.85. The second-order valence-corrected chi connectivity index (χ2v) is 2.99. The van der Waals surface area contributed by atoms with E-state index < -0.39 is 0 Å². The SMILES string of the molecule is O=C(NCCCCCO)n1ccnc1. The number of aromatic nitrogens is 2. The number of carbonyl (C=O) groups is 1. The summed E-state index contributed by atoms with van der Waals surface area (Å²) >= 11 is 0. The monoisotopic (exact) mass is 197 g/mol. The number of nitrogens with one attached hydrogen (secondary N) is 1. The van der Waals surface area contributed by atoms with Crippen LogP contribution >= 0.6 is 0 Å². The van der Waals surface area contributed by atoms with Gasteiger partial charge in [0.1, 0.15) is 6.33 Å². The number of nitrogens with zero attached hydrogens (tertiary/aromatic N) is 2. The summed E-state index contributed by atoms with van der Waals surface area (Å²) in [5.74, 6) is 0. The topological polar surface area (TPSA) is 67.2 Å². The molecular weight excluding hydrogens is 182 g/mol. The minimum Gasteiger partial charge on any atom is -0.396 e. The van der Waals surface area contributed by atoms with Crippen molar-refractivity contribution in [2.24, 2.45) is 0 Å². The van der Waals surface area contributed by atoms with Crippen LogP contribution in [0.4, 0.5) is 4.79 Å². The van der Waals surface area contributed by atoms with Crippen molar-refractivity contribution in [2.75, 3.05) is 13.2 Å². The number of aliphatic hydroxyl groups is 1. The number of amides is 1. The first kappa shape index (κ1) is 10.7. The molecule has 5 heteroatoms. The third kappa shape index (κ3) is 3.57. The summed E-state index contributed by atoms with van der Waals surface area (Å²) in [5.41, 5.74) is 0. The molecule has 0 aliphatic heterocycles. The molecule has 1 heterocycles. The summed E-state index contributed by atoms with van der Waals surface area (Å²) in [6, 6.07) is -0.161. The van der Waals surface area contributed by atoms with Gasteiger partial charge in [0.05, 0.1) is 0 Å². The van der Waals surface area contributed by atoms with Crippen molar-refractivity contribution in [3.63, 3.8) is 0 Å². The Morgan fingerprint density at radius 3 is 2.93 bits per heavy atom. The van der Waals surface area contributed by atoms with Gasteiger partial charge in [-0.05, 0) is 19.3 Å². The first-order valence-electron chi connectivity index (χ1n) is 4.71. The molecule has 0 aliphatic carbocycles. The Morgan fingerprint density at radius 2 is 2.29 bits per heavy atom. The van der Waals surface area contributed by atoms with E-state index in [4.69, 9.17) is 5.11 Å². The molecule has 1 aromatic heterocycles. The fourth-order valence-electron chi connectivity index (χ4n) is 1.08. The molecule has 0 fully saturated rings. The van der Waals surface area contributed by atoms with Gasteiger partial charge in [0.25, 0.3) is 0 Å². The van der Waals surface area contributed by atoms with E-state index in [1.165, 1.54) is 10.9 Å². The highest BCUT2D eigenvalue weighted by Crippen LogP contribution is 1.92. The van der Waals surface area contributed by atoms with Crippen LogP contribution in [0.5, 0.6) is 0 Å². The second kappa shape index (κ2) is 6.15. The number of hydrogen-bond acceptors (Lipinski definition) is 3. The molecule has 0 atom stereocenters. The maximum Gasteiger partial charge on any atom is 0.326 e. The van der Waals surface area contributed by atoms with Crippen molar-refractivity contribution in [3.8, 4) is 0 Å². The molecule has 0 aliphatic rings. The molecule has 1 amide bonds. The fraction of sp³-hybridized carbons (Fsp3) is 0.556. The molecule has 0 radical (unpaired) electrons. The lowest BCUT2D eigenvalue weighted by molar-refractivity contribution is 0.242. The second-order valence-electron chi connectivity index (χ2n) is 2.99. The van der Waals surface area contributed by atoms with Gasteiger partial charge in [0, 0.05) is 25.5 Å². The Balaban J connectivity index is 2.10. The predicted molar refractivity (Wildman–Crippen MR) is 52.0 cm³/mol. The maximum absolute atomic E-state index is 11.3. The number of imidazole rings is 1. The summed E-state index contributed by atoms with van der Waals surface area (Å²) in [7, 11) is 0. The van der Waals surface area contributed by atoms with E-state index in [2.05, 4.69) is 10.3 Å². The molecule has 2 N–H and O–H groups in total. The number of unbranched alkanes of at least 4 members (excludes halogenated alkanes) is 2. The molecule has 1 rings (SSSR count). The normalized spacial score (nSPS) is 10.1. The molecular formula is C9H15N3O2. The van der Waals surface area contributed by atoms with E-state index in [0.29, 0.717) is 6.54 Å². The Morgan fingerprint density at radius 1 is 1.43 bits per heavy atom. The van der Waals surface area contributed by atoms with Crippen molar-refractivity contribution < 1.29 is 9.90 Å². The van der Waals surface area contributed by atoms with Crippen LogP contribution in [0.1, 0.15) is 19.3 Å². The van der Waals surface area contributed by atoms with Crippen molar-refractivity contribution in [2.45, 2.75) is 19.3 Å². The zero-order valence-electron chi connectivity index (χ0n) is 8.02. The fourth-order valence-corrected chi connectivity index (χ4v) is 1.08. The van der Waals surface area contributed by atoms with E-state index in [9.17, 15) is 4.79 Å². The van der Waals surface area contributed by atoms with Crippen LogP contribution < -0.4 is 5.32 Å². The zero-order valence-corrected chi connectivity index (χ0v) is 8.02. The van der Waals surface area contributed by atoms with E-state index in [0.717, 1.165) is 19.3 Å². The van der Waals surface area contributed by atoms with Crippen LogP contribution in [0.15, 0.2) is 18.7 Å². The minimum atomic E-state index is -0.161. The highest BCUT2D eigenvalue weighted by atomic mass is 16.2. The average molecular weight is 197 g/mol. The van der Waals surface area contributed by atoms with E-state index in [-0.39, 0.29) is 12.6 Å². The van der Waals surface area contributed by atoms with Gasteiger partial charge in [-0.15, -0.1) is 0 Å². The summed E-state index contributed by atoms with van der Waals surface area (Å²) < 4.78 is 1.39. The Hall–Kier alpha value is -1.36. The van der Waals surface area contributed by atoms with Gasteiger partial charge in [-0.1, -0.05) is 0 Å². The van der Waals surface area contributed by atoms with Crippen molar-refractivity contribution in [1.29, 1.82) is 0 Å². The first-order valence-corrected chi connectivity index (χ1v) is 4.71. The Labute approximate surface area is 82.8 Å². The summed E-state index contributed by atoms with van der Waals surface area (Å²) in [4.78, 5) is 15.1. The standard InChI is InChI=1S/C9H15N3O2/c13-7-3-1-2-4-11-9(14)12-6-5-10-8-12/h5-6,8,13H,1-4,7H2,(H,11,14). The van der Waals surface area contributed by atoms with Gasteiger partial charge < -0.3 is 10.4 Å². The van der Waals surface area contributed by atoms with Gasteiger partial charge in [0.2, 0.25) is 0 Å². The van der Waals surface area contributed by atoms with Crippen LogP contribution in [0, 0.1) is 0 Å². The molecule has 0 spiro atoms. The average Bonchev–Trinajstić information content (AvgIpc) is 2.70. The zero-order chi connectivity index (χ0) is 10.2. The largest absolute Gasteiger partial charge is 0.396 e. The molecule has 0 saturated heterocycles. The Kier molecular flexibility index (Phi) is 4.71. The van der Waals surface area contributed by atoms with Crippen molar-refractivity contribution in [3.05, 3.63) is 18.7 Å². The summed E-state index contributed by atoms with van der Waals surface area (Å²) in [6.07, 6.45) is 7.24. The van der Waals surface area contributed by atoms with Crippen LogP contribution in [0.3, 0.4) is 0 Å². The lowest BCUT2D eigenvalue weighted by Crippen LogP contribution is -2.28. The molecule has 0 aromatic carbocycles. The van der Waals surface area contributed by atoms with E-state index in [1.54, 1.807) is 12.4 Å². The lowest BCUT2D eigenvalue weighted by Gasteiger charge is -2.04. The molecule has 0 bridgehead atoms. The predicted octanol–water partition coefficient (Wildman–Crippen LogP) is 0.603. The summed E-state index contributed by atoms with van der Waals surface area (Å²) in [5, 5.41) is 11.3. The maximum atomic E-state index is 11.3. The van der Waals surface area contributed by atoms with Gasteiger partial charge in [-0.2, -0.15) is 0 Å². The van der Waals surface area contributed by atoms with Crippen molar-refractivity contribution in [1.82, 2.24) is 14.9 Å². The molecule has 78 valence electrons. The van der Waals surface area contributed by atoms with Gasteiger partial charge in [-0.3, -0.25) is 4.57 Å². The highest BCUT2D eigenvalue weighted by Gasteiger charge is 2.00. The molecule has 1 aromatic rings. The van der Waals surface area contributed by atoms with Crippen molar-refractivity contribution >= 4 is 6.03 Å². The van der Waals surface area contributed by atoms with Crippen LogP contribution in [-0.2, 0) is 0 Å². The number of carbonyl (C=O) groups excluding carboxylic acids is 1. The number of rotatable bonds is 5. The molecule has 5 nitrogen and oxygen atoms in total.